The lowest BCUT2D eigenvalue weighted by Crippen LogP contribution is -2.45. The van der Waals surface area contributed by atoms with Gasteiger partial charge in [-0.15, -0.1) is 0 Å². The zero-order valence-corrected chi connectivity index (χ0v) is 18.5. The zero-order valence-electron chi connectivity index (χ0n) is 18.5. The van der Waals surface area contributed by atoms with Crippen molar-refractivity contribution in [3.05, 3.63) is 42.1 Å². The molecule has 8 nitrogen and oxygen atoms in total. The maximum atomic E-state index is 12.8. The van der Waals surface area contributed by atoms with E-state index in [1.165, 1.54) is 19.3 Å². The Labute approximate surface area is 184 Å². The highest BCUT2D eigenvalue weighted by atomic mass is 16.2. The number of pyridine rings is 1. The summed E-state index contributed by atoms with van der Waals surface area (Å²) in [5, 5.41) is 6.84. The van der Waals surface area contributed by atoms with E-state index in [0.717, 1.165) is 55.5 Å². The Hall–Kier alpha value is -2.90. The van der Waals surface area contributed by atoms with Crippen LogP contribution >= 0.6 is 0 Å². The number of likely N-dealkylation sites (tertiary alicyclic amines) is 1. The molecular formula is C23H33N7O. The second-order valence-electron chi connectivity index (χ2n) is 8.54. The van der Waals surface area contributed by atoms with Gasteiger partial charge in [0.15, 0.2) is 5.96 Å². The van der Waals surface area contributed by atoms with E-state index in [0.29, 0.717) is 12.5 Å². The maximum Gasteiger partial charge on any atom is 0.225 e. The lowest BCUT2D eigenvalue weighted by atomic mass is 9.88. The van der Waals surface area contributed by atoms with Crippen LogP contribution in [0.5, 0.6) is 0 Å². The van der Waals surface area contributed by atoms with Gasteiger partial charge < -0.3 is 15.5 Å². The second-order valence-corrected chi connectivity index (χ2v) is 8.54. The highest BCUT2D eigenvalue weighted by Gasteiger charge is 2.31. The lowest BCUT2D eigenvalue weighted by Gasteiger charge is -2.26. The lowest BCUT2D eigenvalue weighted by molar-refractivity contribution is -0.135. The Morgan fingerprint density at radius 1 is 1.19 bits per heavy atom. The molecule has 0 aromatic carbocycles. The third-order valence-corrected chi connectivity index (χ3v) is 6.36. The molecule has 0 radical (unpaired) electrons. The molecule has 1 unspecified atom stereocenters. The van der Waals surface area contributed by atoms with Gasteiger partial charge in [-0.3, -0.25) is 14.4 Å². The number of hydrogen-bond donors (Lipinski definition) is 2. The number of carbonyl (C=O) groups excluding carboxylic acids is 1. The predicted octanol–water partition coefficient (Wildman–Crippen LogP) is 2.42. The van der Waals surface area contributed by atoms with Gasteiger partial charge in [0.1, 0.15) is 11.6 Å². The minimum atomic E-state index is 0.239. The van der Waals surface area contributed by atoms with Crippen molar-refractivity contribution in [3.63, 3.8) is 0 Å². The number of aliphatic imine (C=N–C) groups is 1. The van der Waals surface area contributed by atoms with Crippen LogP contribution in [0.1, 0.15) is 49.9 Å². The second kappa shape index (κ2) is 9.94. The molecule has 0 bridgehead atoms. The van der Waals surface area contributed by atoms with Crippen molar-refractivity contribution in [3.8, 4) is 5.82 Å². The monoisotopic (exact) mass is 423 g/mol. The fourth-order valence-corrected chi connectivity index (χ4v) is 4.54. The van der Waals surface area contributed by atoms with Gasteiger partial charge in [0.2, 0.25) is 5.91 Å². The summed E-state index contributed by atoms with van der Waals surface area (Å²) >= 11 is 0. The Morgan fingerprint density at radius 3 is 2.71 bits per heavy atom. The van der Waals surface area contributed by atoms with Gasteiger partial charge in [0.05, 0.1) is 0 Å². The highest BCUT2D eigenvalue weighted by molar-refractivity contribution is 5.81. The van der Waals surface area contributed by atoms with E-state index < -0.39 is 0 Å². The Morgan fingerprint density at radius 2 is 2.03 bits per heavy atom. The number of rotatable bonds is 5. The average Bonchev–Trinajstić information content (AvgIpc) is 3.46. The SMILES string of the molecule is CN=C(NCc1ccc(-n2ccnc2C)nc1)NC1CCN(C(=O)C2CCCCC2)C1. The van der Waals surface area contributed by atoms with Crippen LogP contribution in [-0.2, 0) is 11.3 Å². The van der Waals surface area contributed by atoms with Crippen molar-refractivity contribution in [2.24, 2.45) is 10.9 Å². The van der Waals surface area contributed by atoms with Gasteiger partial charge in [-0.1, -0.05) is 25.3 Å². The minimum Gasteiger partial charge on any atom is -0.352 e. The van der Waals surface area contributed by atoms with Crippen molar-refractivity contribution in [2.45, 2.75) is 58.0 Å². The fourth-order valence-electron chi connectivity index (χ4n) is 4.54. The Balaban J connectivity index is 1.25. The number of nitrogens with zero attached hydrogens (tertiary/aromatic N) is 5. The van der Waals surface area contributed by atoms with Crippen molar-refractivity contribution in [1.82, 2.24) is 30.1 Å². The van der Waals surface area contributed by atoms with E-state index in [4.69, 9.17) is 0 Å². The van der Waals surface area contributed by atoms with Crippen LogP contribution in [-0.4, -0.2) is 57.5 Å². The summed E-state index contributed by atoms with van der Waals surface area (Å²) in [5.41, 5.74) is 1.07. The van der Waals surface area contributed by atoms with E-state index in [-0.39, 0.29) is 12.0 Å². The van der Waals surface area contributed by atoms with Gasteiger partial charge in [0.25, 0.3) is 0 Å². The Bertz CT molecular complexity index is 899. The first kappa shape index (κ1) is 21.3. The minimum absolute atomic E-state index is 0.239. The average molecular weight is 424 g/mol. The molecule has 1 aliphatic carbocycles. The largest absolute Gasteiger partial charge is 0.352 e. The van der Waals surface area contributed by atoms with E-state index in [1.807, 2.05) is 34.9 Å². The molecule has 3 heterocycles. The summed E-state index contributed by atoms with van der Waals surface area (Å²) in [6.07, 6.45) is 12.3. The zero-order chi connectivity index (χ0) is 21.6. The van der Waals surface area contributed by atoms with Crippen molar-refractivity contribution >= 4 is 11.9 Å². The molecule has 0 spiro atoms. The molecule has 2 aromatic heterocycles. The van der Waals surface area contributed by atoms with E-state index in [2.05, 4.69) is 31.7 Å². The molecule has 166 valence electrons. The maximum absolute atomic E-state index is 12.8. The van der Waals surface area contributed by atoms with Crippen LogP contribution in [0.25, 0.3) is 5.82 Å². The molecule has 2 fully saturated rings. The van der Waals surface area contributed by atoms with E-state index in [1.54, 1.807) is 13.2 Å². The van der Waals surface area contributed by atoms with Gasteiger partial charge >= 0.3 is 0 Å². The number of aromatic nitrogens is 3. The molecule has 2 aliphatic rings. The third kappa shape index (κ3) is 5.24. The highest BCUT2D eigenvalue weighted by Crippen LogP contribution is 2.26. The summed E-state index contributed by atoms with van der Waals surface area (Å²) in [6, 6.07) is 4.29. The molecule has 1 saturated heterocycles. The molecule has 4 rings (SSSR count). The molecule has 1 aliphatic heterocycles. The molecule has 1 atom stereocenters. The molecule has 8 heteroatoms. The summed E-state index contributed by atoms with van der Waals surface area (Å²) < 4.78 is 1.96. The van der Waals surface area contributed by atoms with Crippen LogP contribution in [0, 0.1) is 12.8 Å². The van der Waals surface area contributed by atoms with Crippen molar-refractivity contribution in [1.29, 1.82) is 0 Å². The number of aryl methyl sites for hydroxylation is 1. The molecule has 2 aromatic rings. The van der Waals surface area contributed by atoms with Crippen LogP contribution in [0.4, 0.5) is 0 Å². The van der Waals surface area contributed by atoms with Gasteiger partial charge in [-0.2, -0.15) is 0 Å². The topological polar surface area (TPSA) is 87.4 Å². The molecule has 1 saturated carbocycles. The summed E-state index contributed by atoms with van der Waals surface area (Å²) in [5.74, 6) is 3.12. The number of hydrogen-bond acceptors (Lipinski definition) is 4. The number of guanidine groups is 1. The van der Waals surface area contributed by atoms with Gasteiger partial charge in [-0.25, -0.2) is 9.97 Å². The Kier molecular flexibility index (Phi) is 6.84. The summed E-state index contributed by atoms with van der Waals surface area (Å²) in [4.78, 5) is 28.0. The first-order chi connectivity index (χ1) is 15.1. The van der Waals surface area contributed by atoms with Crippen LogP contribution in [0.15, 0.2) is 35.7 Å². The standard InChI is InChI=1S/C23H33N7O/c1-17-25-11-13-30(17)21-9-8-18(14-26-21)15-27-23(24-2)28-20-10-12-29(16-20)22(31)19-6-4-3-5-7-19/h8-9,11,13-14,19-20H,3-7,10,12,15-16H2,1-2H3,(H2,24,27,28). The number of carbonyl (C=O) groups is 1. The van der Waals surface area contributed by atoms with Crippen LogP contribution < -0.4 is 10.6 Å². The van der Waals surface area contributed by atoms with Crippen molar-refractivity contribution < 1.29 is 4.79 Å². The smallest absolute Gasteiger partial charge is 0.225 e. The molecule has 31 heavy (non-hydrogen) atoms. The molecule has 2 N–H and O–H groups in total. The quantitative estimate of drug-likeness (QED) is 0.570. The first-order valence-electron chi connectivity index (χ1n) is 11.4. The van der Waals surface area contributed by atoms with Crippen LogP contribution in [0.2, 0.25) is 0 Å². The molecular weight excluding hydrogens is 390 g/mol. The molecule has 1 amide bonds. The van der Waals surface area contributed by atoms with E-state index >= 15 is 0 Å². The normalized spacial score (nSPS) is 20.1. The summed E-state index contributed by atoms with van der Waals surface area (Å²) in [6.45, 7) is 4.19. The van der Waals surface area contributed by atoms with Gasteiger partial charge in [-0.05, 0) is 37.8 Å². The van der Waals surface area contributed by atoms with Crippen molar-refractivity contribution in [2.75, 3.05) is 20.1 Å². The van der Waals surface area contributed by atoms with Crippen LogP contribution in [0.3, 0.4) is 0 Å². The number of amides is 1. The number of nitrogens with one attached hydrogen (secondary N) is 2. The first-order valence-corrected chi connectivity index (χ1v) is 11.4. The fraction of sp³-hybridized carbons (Fsp3) is 0.565. The van der Waals surface area contributed by atoms with Gasteiger partial charge in [0, 0.05) is 57.2 Å². The van der Waals surface area contributed by atoms with E-state index in [9.17, 15) is 4.79 Å². The number of imidazole rings is 1. The predicted molar refractivity (Wildman–Crippen MR) is 121 cm³/mol. The summed E-state index contributed by atoms with van der Waals surface area (Å²) in [7, 11) is 1.78. The third-order valence-electron chi connectivity index (χ3n) is 6.36.